The van der Waals surface area contributed by atoms with Crippen molar-refractivity contribution in [2.45, 2.75) is 32.2 Å². The largest absolute Gasteiger partial charge is 0.494 e. The van der Waals surface area contributed by atoms with Gasteiger partial charge in [0.2, 0.25) is 10.0 Å². The van der Waals surface area contributed by atoms with Crippen LogP contribution in [-0.4, -0.2) is 70.6 Å². The second-order valence-electron chi connectivity index (χ2n) is 7.88. The first-order valence-electron chi connectivity index (χ1n) is 10.7. The van der Waals surface area contributed by atoms with Crippen LogP contribution in [-0.2, 0) is 16.6 Å². The number of aromatic nitrogens is 4. The van der Waals surface area contributed by atoms with Crippen molar-refractivity contribution in [2.75, 3.05) is 32.8 Å². The van der Waals surface area contributed by atoms with Crippen LogP contribution in [0.4, 0.5) is 0 Å². The molecule has 1 aromatic heterocycles. The van der Waals surface area contributed by atoms with E-state index in [1.165, 1.54) is 0 Å². The Balaban J connectivity index is 1.41. The monoisotopic (exact) mass is 456 g/mol. The van der Waals surface area contributed by atoms with Gasteiger partial charge in [0.15, 0.2) is 5.82 Å². The zero-order valence-corrected chi connectivity index (χ0v) is 19.4. The van der Waals surface area contributed by atoms with E-state index in [1.807, 2.05) is 57.2 Å². The summed E-state index contributed by atoms with van der Waals surface area (Å²) >= 11 is 0. The molecule has 0 spiro atoms. The van der Waals surface area contributed by atoms with Crippen LogP contribution in [0.5, 0.6) is 5.75 Å². The minimum atomic E-state index is -3.51. The lowest BCUT2D eigenvalue weighted by atomic mass is 10.2. The van der Waals surface area contributed by atoms with Gasteiger partial charge in [0.05, 0.1) is 23.7 Å². The molecular weight excluding hydrogens is 428 g/mol. The highest BCUT2D eigenvalue weighted by molar-refractivity contribution is 7.89. The maximum absolute atomic E-state index is 13.1. The van der Waals surface area contributed by atoms with Crippen LogP contribution in [0.1, 0.15) is 23.9 Å². The molecule has 0 aliphatic carbocycles. The minimum Gasteiger partial charge on any atom is -0.494 e. The Kier molecular flexibility index (Phi) is 6.54. The van der Waals surface area contributed by atoms with E-state index >= 15 is 0 Å². The summed E-state index contributed by atoms with van der Waals surface area (Å²) < 4.78 is 35.0. The van der Waals surface area contributed by atoms with Crippen molar-refractivity contribution in [3.63, 3.8) is 0 Å². The van der Waals surface area contributed by atoms with Gasteiger partial charge in [-0.05, 0) is 67.1 Å². The zero-order chi connectivity index (χ0) is 22.7. The third-order valence-electron chi connectivity index (χ3n) is 5.57. The molecule has 170 valence electrons. The summed E-state index contributed by atoms with van der Waals surface area (Å²) in [6, 6.07) is 13.1. The highest BCUT2D eigenvalue weighted by atomic mass is 32.2. The highest BCUT2D eigenvalue weighted by Gasteiger charge is 2.30. The van der Waals surface area contributed by atoms with Crippen LogP contribution in [0.15, 0.2) is 47.4 Å². The molecule has 1 aliphatic rings. The zero-order valence-electron chi connectivity index (χ0n) is 18.6. The van der Waals surface area contributed by atoms with Gasteiger partial charge in [0, 0.05) is 26.2 Å². The molecule has 1 aliphatic heterocycles. The van der Waals surface area contributed by atoms with Crippen LogP contribution < -0.4 is 4.74 Å². The number of ether oxygens (including phenoxy) is 1. The van der Waals surface area contributed by atoms with Crippen molar-refractivity contribution < 1.29 is 13.2 Å². The number of sulfonamides is 1. The topological polar surface area (TPSA) is 93.4 Å². The number of piperazine rings is 1. The summed E-state index contributed by atoms with van der Waals surface area (Å²) in [6.45, 7) is 8.99. The van der Waals surface area contributed by atoms with Crippen molar-refractivity contribution in [2.24, 2.45) is 0 Å². The summed E-state index contributed by atoms with van der Waals surface area (Å²) in [5, 5.41) is 12.1. The summed E-state index contributed by atoms with van der Waals surface area (Å²) in [4.78, 5) is 2.56. The fraction of sp³-hybridized carbons (Fsp3) is 0.409. The smallest absolute Gasteiger partial charge is 0.243 e. The van der Waals surface area contributed by atoms with E-state index in [4.69, 9.17) is 4.74 Å². The van der Waals surface area contributed by atoms with Gasteiger partial charge >= 0.3 is 0 Å². The third-order valence-corrected chi connectivity index (χ3v) is 7.63. The number of hydrogen-bond acceptors (Lipinski definition) is 7. The highest BCUT2D eigenvalue weighted by Crippen LogP contribution is 2.23. The lowest BCUT2D eigenvalue weighted by Gasteiger charge is -2.33. The van der Waals surface area contributed by atoms with Crippen molar-refractivity contribution in [3.05, 3.63) is 59.4 Å². The molecule has 4 rings (SSSR count). The second kappa shape index (κ2) is 9.35. The van der Waals surface area contributed by atoms with Crippen LogP contribution in [0.3, 0.4) is 0 Å². The summed E-state index contributed by atoms with van der Waals surface area (Å²) in [5.74, 6) is 1.51. The molecule has 2 aromatic carbocycles. The van der Waals surface area contributed by atoms with Crippen molar-refractivity contribution in [3.8, 4) is 11.4 Å². The summed E-state index contributed by atoms with van der Waals surface area (Å²) in [5.41, 5.74) is 2.68. The van der Waals surface area contributed by atoms with Crippen molar-refractivity contribution >= 4 is 10.0 Å². The standard InChI is InChI=1S/C22H28N6O3S/c1-4-31-20-8-6-19(7-9-20)28-22(23-24-25-28)16-26-11-13-27(14-12-26)32(29,30)21-10-5-17(2)15-18(21)3/h5-10,15H,4,11-14,16H2,1-3H3. The lowest BCUT2D eigenvalue weighted by molar-refractivity contribution is 0.177. The average Bonchev–Trinajstić information content (AvgIpc) is 3.23. The van der Waals surface area contributed by atoms with Gasteiger partial charge in [-0.15, -0.1) is 5.10 Å². The molecule has 0 saturated carbocycles. The van der Waals surface area contributed by atoms with E-state index in [0.29, 0.717) is 50.1 Å². The minimum absolute atomic E-state index is 0.385. The van der Waals surface area contributed by atoms with Gasteiger partial charge in [-0.2, -0.15) is 8.99 Å². The maximum Gasteiger partial charge on any atom is 0.243 e. The molecule has 0 atom stereocenters. The maximum atomic E-state index is 13.1. The molecular formula is C22H28N6O3S. The Labute approximate surface area is 188 Å². The molecule has 2 heterocycles. The molecule has 0 N–H and O–H groups in total. The van der Waals surface area contributed by atoms with E-state index in [-0.39, 0.29) is 0 Å². The second-order valence-corrected chi connectivity index (χ2v) is 9.79. The fourth-order valence-corrected chi connectivity index (χ4v) is 5.54. The Morgan fingerprint density at radius 3 is 2.38 bits per heavy atom. The average molecular weight is 457 g/mol. The molecule has 0 bridgehead atoms. The molecule has 0 unspecified atom stereocenters. The van der Waals surface area contributed by atoms with Gasteiger partial charge < -0.3 is 4.74 Å². The quantitative estimate of drug-likeness (QED) is 0.538. The molecule has 1 fully saturated rings. The number of tetrazole rings is 1. The van der Waals surface area contributed by atoms with Gasteiger partial charge in [-0.1, -0.05) is 17.7 Å². The van der Waals surface area contributed by atoms with E-state index in [0.717, 1.165) is 22.6 Å². The van der Waals surface area contributed by atoms with E-state index in [2.05, 4.69) is 20.4 Å². The van der Waals surface area contributed by atoms with Crippen molar-refractivity contribution in [1.82, 2.24) is 29.4 Å². The third kappa shape index (κ3) is 4.67. The Hall–Kier alpha value is -2.82. The molecule has 10 heteroatoms. The number of aryl methyl sites for hydroxylation is 2. The first-order valence-corrected chi connectivity index (χ1v) is 12.1. The number of benzene rings is 2. The Morgan fingerprint density at radius 2 is 1.72 bits per heavy atom. The fourth-order valence-electron chi connectivity index (χ4n) is 3.91. The first kappa shape index (κ1) is 22.4. The van der Waals surface area contributed by atoms with Gasteiger partial charge in [-0.25, -0.2) is 8.42 Å². The normalized spacial score (nSPS) is 15.7. The summed E-state index contributed by atoms with van der Waals surface area (Å²) in [7, 11) is -3.51. The van der Waals surface area contributed by atoms with Gasteiger partial charge in [0.1, 0.15) is 5.75 Å². The Morgan fingerprint density at radius 1 is 1.00 bits per heavy atom. The van der Waals surface area contributed by atoms with Crippen LogP contribution in [0, 0.1) is 13.8 Å². The van der Waals surface area contributed by atoms with Crippen LogP contribution >= 0.6 is 0 Å². The van der Waals surface area contributed by atoms with Crippen LogP contribution in [0.2, 0.25) is 0 Å². The predicted octanol–water partition coefficient (Wildman–Crippen LogP) is 2.18. The molecule has 9 nitrogen and oxygen atoms in total. The van der Waals surface area contributed by atoms with E-state index < -0.39 is 10.0 Å². The van der Waals surface area contributed by atoms with Crippen LogP contribution in [0.25, 0.3) is 5.69 Å². The molecule has 0 amide bonds. The van der Waals surface area contributed by atoms with Gasteiger partial charge in [-0.3, -0.25) is 4.90 Å². The van der Waals surface area contributed by atoms with E-state index in [1.54, 1.807) is 15.1 Å². The number of rotatable bonds is 7. The molecule has 0 radical (unpaired) electrons. The molecule has 3 aromatic rings. The Bertz CT molecular complexity index is 1170. The molecule has 32 heavy (non-hydrogen) atoms. The predicted molar refractivity (Wildman–Crippen MR) is 120 cm³/mol. The first-order chi connectivity index (χ1) is 15.4. The lowest BCUT2D eigenvalue weighted by Crippen LogP contribution is -2.48. The number of hydrogen-bond donors (Lipinski definition) is 0. The summed E-state index contributed by atoms with van der Waals surface area (Å²) in [6.07, 6.45) is 0. The van der Waals surface area contributed by atoms with Gasteiger partial charge in [0.25, 0.3) is 0 Å². The molecule has 1 saturated heterocycles. The van der Waals surface area contributed by atoms with Crippen molar-refractivity contribution in [1.29, 1.82) is 0 Å². The SMILES string of the molecule is CCOc1ccc(-n2nnnc2CN2CCN(S(=O)(=O)c3ccc(C)cc3C)CC2)cc1. The number of nitrogens with zero attached hydrogens (tertiary/aromatic N) is 6. The van der Waals surface area contributed by atoms with E-state index in [9.17, 15) is 8.42 Å².